The Morgan fingerprint density at radius 1 is 1.23 bits per heavy atom. The second kappa shape index (κ2) is 6.54. The fourth-order valence-corrected chi connectivity index (χ4v) is 6.47. The number of esters is 1. The van der Waals surface area contributed by atoms with Crippen LogP contribution in [-0.4, -0.2) is 28.3 Å². The van der Waals surface area contributed by atoms with Crippen LogP contribution in [0.25, 0.3) is 0 Å². The van der Waals surface area contributed by atoms with E-state index in [1.165, 1.54) is 12.3 Å². The summed E-state index contributed by atoms with van der Waals surface area (Å²) in [5.41, 5.74) is -0.526. The van der Waals surface area contributed by atoms with Gasteiger partial charge in [-0.25, -0.2) is 4.98 Å². The standard InChI is InChI=1S/C18H19Cl3N2O3/c19-12-2-13(20)15(22-7-12)23-14(24)8-26-16(25)17-3-10-1-11(4-17)6-18(21,5-10)9-17/h2,7,10-11H,1,3-6,8-9H2,(H,22,23,24). The average molecular weight is 418 g/mol. The Morgan fingerprint density at radius 2 is 1.92 bits per heavy atom. The SMILES string of the molecule is O=C(COC(=O)C12CC3CC(CC(Cl)(C3)C1)C2)Nc1ncc(Cl)cc1Cl. The Morgan fingerprint density at radius 3 is 2.54 bits per heavy atom. The number of anilines is 1. The smallest absolute Gasteiger partial charge is 0.312 e. The summed E-state index contributed by atoms with van der Waals surface area (Å²) in [4.78, 5) is 28.6. The minimum absolute atomic E-state index is 0.187. The predicted octanol–water partition coefficient (Wildman–Crippen LogP) is 4.45. The first-order valence-corrected chi connectivity index (χ1v) is 9.87. The minimum atomic E-state index is -0.526. The van der Waals surface area contributed by atoms with E-state index in [-0.39, 0.29) is 28.3 Å². The van der Waals surface area contributed by atoms with E-state index in [0.29, 0.717) is 23.3 Å². The summed E-state index contributed by atoms with van der Waals surface area (Å²) < 4.78 is 5.36. The van der Waals surface area contributed by atoms with Gasteiger partial charge in [0.25, 0.3) is 5.91 Å². The maximum Gasteiger partial charge on any atom is 0.312 e. The lowest BCUT2D eigenvalue weighted by molar-refractivity contribution is -0.171. The van der Waals surface area contributed by atoms with E-state index in [2.05, 4.69) is 10.3 Å². The van der Waals surface area contributed by atoms with Gasteiger partial charge in [0.05, 0.1) is 15.5 Å². The van der Waals surface area contributed by atoms with Crippen molar-refractivity contribution in [2.45, 2.75) is 43.4 Å². The Labute approximate surface area is 166 Å². The highest BCUT2D eigenvalue weighted by Crippen LogP contribution is 2.64. The van der Waals surface area contributed by atoms with Crippen molar-refractivity contribution in [3.8, 4) is 0 Å². The number of carbonyl (C=O) groups excluding carboxylic acids is 2. The van der Waals surface area contributed by atoms with Crippen molar-refractivity contribution in [2.24, 2.45) is 17.3 Å². The van der Waals surface area contributed by atoms with Gasteiger partial charge in [-0.15, -0.1) is 11.6 Å². The van der Waals surface area contributed by atoms with Gasteiger partial charge in [0.15, 0.2) is 12.4 Å². The molecule has 1 amide bonds. The first-order valence-electron chi connectivity index (χ1n) is 8.74. The van der Waals surface area contributed by atoms with Crippen molar-refractivity contribution < 1.29 is 14.3 Å². The van der Waals surface area contributed by atoms with Gasteiger partial charge in [0, 0.05) is 11.1 Å². The molecule has 5 nitrogen and oxygen atoms in total. The minimum Gasteiger partial charge on any atom is -0.455 e. The molecule has 26 heavy (non-hydrogen) atoms. The number of hydrogen-bond acceptors (Lipinski definition) is 4. The zero-order chi connectivity index (χ0) is 18.5. The third-order valence-electron chi connectivity index (χ3n) is 5.82. The number of pyridine rings is 1. The van der Waals surface area contributed by atoms with Gasteiger partial charge in [-0.3, -0.25) is 9.59 Å². The van der Waals surface area contributed by atoms with Crippen LogP contribution in [0.3, 0.4) is 0 Å². The van der Waals surface area contributed by atoms with Crippen LogP contribution in [-0.2, 0) is 14.3 Å². The number of amides is 1. The lowest BCUT2D eigenvalue weighted by Crippen LogP contribution is -2.56. The molecule has 140 valence electrons. The van der Waals surface area contributed by atoms with Gasteiger partial charge in [-0.05, 0) is 56.4 Å². The fourth-order valence-electron chi connectivity index (χ4n) is 5.35. The molecular formula is C18H19Cl3N2O3. The average Bonchev–Trinajstić information content (AvgIpc) is 2.53. The summed E-state index contributed by atoms with van der Waals surface area (Å²) in [7, 11) is 0. The largest absolute Gasteiger partial charge is 0.455 e. The van der Waals surface area contributed by atoms with Crippen LogP contribution in [0.1, 0.15) is 38.5 Å². The summed E-state index contributed by atoms with van der Waals surface area (Å²) in [6, 6.07) is 1.48. The second-order valence-electron chi connectivity index (χ2n) is 8.00. The predicted molar refractivity (Wildman–Crippen MR) is 99.5 cm³/mol. The van der Waals surface area contributed by atoms with Crippen LogP contribution >= 0.6 is 34.8 Å². The maximum absolute atomic E-state index is 12.8. The number of nitrogens with zero attached hydrogens (tertiary/aromatic N) is 1. The van der Waals surface area contributed by atoms with Gasteiger partial charge in [0.1, 0.15) is 0 Å². The Bertz CT molecular complexity index is 756. The fraction of sp³-hybridized carbons (Fsp3) is 0.611. The number of halogens is 3. The molecule has 4 bridgehead atoms. The molecule has 1 aromatic heterocycles. The third-order valence-corrected chi connectivity index (χ3v) is 6.76. The molecular weight excluding hydrogens is 399 g/mol. The Hall–Kier alpha value is -1.04. The Balaban J connectivity index is 1.37. The number of hydrogen-bond donors (Lipinski definition) is 1. The van der Waals surface area contributed by atoms with Crippen LogP contribution in [0.2, 0.25) is 10.0 Å². The molecule has 1 aromatic rings. The highest BCUT2D eigenvalue weighted by atomic mass is 35.5. The van der Waals surface area contributed by atoms with Gasteiger partial charge >= 0.3 is 5.97 Å². The van der Waals surface area contributed by atoms with Crippen LogP contribution < -0.4 is 5.32 Å². The van der Waals surface area contributed by atoms with E-state index < -0.39 is 11.3 Å². The second-order valence-corrected chi connectivity index (χ2v) is 9.65. The lowest BCUT2D eigenvalue weighted by atomic mass is 9.49. The highest BCUT2D eigenvalue weighted by Gasteiger charge is 2.60. The quantitative estimate of drug-likeness (QED) is 0.580. The lowest BCUT2D eigenvalue weighted by Gasteiger charge is -2.58. The molecule has 0 aromatic carbocycles. The van der Waals surface area contributed by atoms with Gasteiger partial charge in [0.2, 0.25) is 0 Å². The van der Waals surface area contributed by atoms with Crippen molar-refractivity contribution in [1.82, 2.24) is 4.98 Å². The molecule has 2 unspecified atom stereocenters. The van der Waals surface area contributed by atoms with Crippen LogP contribution in [0, 0.1) is 17.3 Å². The van der Waals surface area contributed by atoms with Crippen molar-refractivity contribution >= 4 is 52.5 Å². The number of rotatable bonds is 4. The molecule has 1 N–H and O–H groups in total. The number of carbonyl (C=O) groups is 2. The monoisotopic (exact) mass is 416 g/mol. The summed E-state index contributed by atoms with van der Waals surface area (Å²) in [6.45, 7) is -0.369. The van der Waals surface area contributed by atoms with Crippen LogP contribution in [0.5, 0.6) is 0 Å². The summed E-state index contributed by atoms with van der Waals surface area (Å²) >= 11 is 18.5. The van der Waals surface area contributed by atoms with E-state index in [9.17, 15) is 9.59 Å². The molecule has 4 aliphatic rings. The molecule has 5 rings (SSSR count). The number of ether oxygens (including phenoxy) is 1. The molecule has 4 aliphatic carbocycles. The number of aromatic nitrogens is 1. The van der Waals surface area contributed by atoms with Gasteiger partial charge in [-0.1, -0.05) is 23.2 Å². The first-order chi connectivity index (χ1) is 12.3. The van der Waals surface area contributed by atoms with Crippen molar-refractivity contribution in [1.29, 1.82) is 0 Å². The zero-order valence-electron chi connectivity index (χ0n) is 14.1. The number of nitrogens with one attached hydrogen (secondary N) is 1. The highest BCUT2D eigenvalue weighted by molar-refractivity contribution is 6.36. The molecule has 1 heterocycles. The molecule has 0 aliphatic heterocycles. The van der Waals surface area contributed by atoms with Crippen LogP contribution in [0.15, 0.2) is 12.3 Å². The summed E-state index contributed by atoms with van der Waals surface area (Å²) in [5.74, 6) is 0.383. The normalized spacial score (nSPS) is 34.6. The van der Waals surface area contributed by atoms with E-state index in [1.54, 1.807) is 0 Å². The van der Waals surface area contributed by atoms with Crippen molar-refractivity contribution in [3.63, 3.8) is 0 Å². The molecule has 2 atom stereocenters. The molecule has 4 fully saturated rings. The van der Waals surface area contributed by atoms with Gasteiger partial charge in [-0.2, -0.15) is 0 Å². The zero-order valence-corrected chi connectivity index (χ0v) is 16.3. The van der Waals surface area contributed by atoms with E-state index in [1.807, 2.05) is 0 Å². The number of alkyl halides is 1. The van der Waals surface area contributed by atoms with Gasteiger partial charge < -0.3 is 10.1 Å². The van der Waals surface area contributed by atoms with Crippen molar-refractivity contribution in [2.75, 3.05) is 11.9 Å². The van der Waals surface area contributed by atoms with Crippen LogP contribution in [0.4, 0.5) is 5.82 Å². The molecule has 0 radical (unpaired) electrons. The topological polar surface area (TPSA) is 68.3 Å². The summed E-state index contributed by atoms with van der Waals surface area (Å²) in [5, 5.41) is 3.13. The maximum atomic E-state index is 12.8. The molecule has 4 saturated carbocycles. The summed E-state index contributed by atoms with van der Waals surface area (Å²) in [6.07, 6.45) is 6.81. The van der Waals surface area contributed by atoms with E-state index in [4.69, 9.17) is 39.5 Å². The molecule has 0 saturated heterocycles. The van der Waals surface area contributed by atoms with Crippen molar-refractivity contribution in [3.05, 3.63) is 22.3 Å². The third kappa shape index (κ3) is 3.41. The van der Waals surface area contributed by atoms with E-state index >= 15 is 0 Å². The molecule has 0 spiro atoms. The molecule has 8 heteroatoms. The Kier molecular flexibility index (Phi) is 4.61. The van der Waals surface area contributed by atoms with E-state index in [0.717, 1.165) is 32.1 Å². The first kappa shape index (κ1) is 18.3.